The maximum atomic E-state index is 13.9. The predicted octanol–water partition coefficient (Wildman–Crippen LogP) is 6.33. The number of amides is 1. The van der Waals surface area contributed by atoms with Gasteiger partial charge in [0.1, 0.15) is 17.2 Å². The van der Waals surface area contributed by atoms with Gasteiger partial charge in [-0.1, -0.05) is 11.6 Å². The van der Waals surface area contributed by atoms with Crippen molar-refractivity contribution < 1.29 is 36.0 Å². The van der Waals surface area contributed by atoms with Gasteiger partial charge < -0.3 is 9.73 Å². The summed E-state index contributed by atoms with van der Waals surface area (Å²) in [6.45, 7) is 0. The van der Waals surface area contributed by atoms with Gasteiger partial charge in [0.15, 0.2) is 11.4 Å². The minimum atomic E-state index is -4.93. The molecule has 0 aliphatic rings. The first-order valence-electron chi connectivity index (χ1n) is 9.79. The lowest BCUT2D eigenvalue weighted by Gasteiger charge is -2.15. The summed E-state index contributed by atoms with van der Waals surface area (Å²) in [4.78, 5) is 38.3. The second kappa shape index (κ2) is 9.17. The maximum absolute atomic E-state index is 13.9. The van der Waals surface area contributed by atoms with Crippen molar-refractivity contribution in [3.8, 4) is 0 Å². The molecule has 1 N–H and O–H groups in total. The van der Waals surface area contributed by atoms with E-state index in [1.165, 1.54) is 7.05 Å². The number of nitrogens with zero attached hydrogens (tertiary/aromatic N) is 1. The molecule has 186 valence electrons. The Kier molecular flexibility index (Phi) is 6.52. The summed E-state index contributed by atoms with van der Waals surface area (Å²) in [7, 11) is 1.34. The van der Waals surface area contributed by atoms with Gasteiger partial charge in [-0.15, -0.1) is 0 Å². The Bertz CT molecular complexity index is 1630. The largest absolute Gasteiger partial charge is 0.419 e. The van der Waals surface area contributed by atoms with E-state index < -0.39 is 46.4 Å². The zero-order chi connectivity index (χ0) is 26.5. The number of carbonyl (C=O) groups is 2. The van der Waals surface area contributed by atoms with Gasteiger partial charge in [0, 0.05) is 24.2 Å². The molecule has 0 bridgehead atoms. The minimum Gasteiger partial charge on any atom is -0.408 e. The van der Waals surface area contributed by atoms with E-state index in [2.05, 4.69) is 21.2 Å². The van der Waals surface area contributed by atoms with Crippen LogP contribution in [-0.4, -0.2) is 16.3 Å². The monoisotopic (exact) mass is 588 g/mol. The van der Waals surface area contributed by atoms with Crippen LogP contribution in [0.2, 0.25) is 5.02 Å². The predicted molar refractivity (Wildman–Crippen MR) is 123 cm³/mol. The van der Waals surface area contributed by atoms with Crippen molar-refractivity contribution in [1.29, 1.82) is 0 Å². The number of ketones is 1. The van der Waals surface area contributed by atoms with Gasteiger partial charge in [0.05, 0.1) is 26.3 Å². The third-order valence-corrected chi connectivity index (χ3v) is 6.25. The van der Waals surface area contributed by atoms with E-state index in [4.69, 9.17) is 16.0 Å². The maximum Gasteiger partial charge on any atom is 0.419 e. The van der Waals surface area contributed by atoms with Gasteiger partial charge in [-0.25, -0.2) is 13.6 Å². The number of nitrogens with one attached hydrogen (secondary N) is 1. The highest BCUT2D eigenvalue weighted by Gasteiger charge is 2.32. The van der Waals surface area contributed by atoms with Crippen LogP contribution in [0.3, 0.4) is 0 Å². The summed E-state index contributed by atoms with van der Waals surface area (Å²) in [6.07, 6.45) is -4.93. The molecule has 0 radical (unpaired) electrons. The number of rotatable bonds is 4. The van der Waals surface area contributed by atoms with Crippen LogP contribution in [0.1, 0.15) is 31.8 Å². The number of oxazole rings is 1. The van der Waals surface area contributed by atoms with Crippen molar-refractivity contribution in [2.75, 3.05) is 5.32 Å². The Morgan fingerprint density at radius 3 is 2.42 bits per heavy atom. The number of hydrogen-bond acceptors (Lipinski definition) is 4. The second-order valence-electron chi connectivity index (χ2n) is 7.52. The molecule has 0 fully saturated rings. The molecular formula is C23H11BrClF5N2O4. The summed E-state index contributed by atoms with van der Waals surface area (Å²) in [5.41, 5.74) is -3.04. The summed E-state index contributed by atoms with van der Waals surface area (Å²) in [6, 6.07) is 5.31. The highest BCUT2D eigenvalue weighted by molar-refractivity contribution is 9.10. The number of aryl methyl sites for hydroxylation is 1. The minimum absolute atomic E-state index is 0.0517. The van der Waals surface area contributed by atoms with E-state index in [1.807, 2.05) is 0 Å². The van der Waals surface area contributed by atoms with E-state index in [0.717, 1.165) is 28.8 Å². The zero-order valence-corrected chi connectivity index (χ0v) is 20.1. The van der Waals surface area contributed by atoms with Gasteiger partial charge in [-0.05, 0) is 52.3 Å². The number of halogens is 7. The lowest BCUT2D eigenvalue weighted by atomic mass is 10.00. The molecule has 1 amide bonds. The Balaban J connectivity index is 1.90. The van der Waals surface area contributed by atoms with Gasteiger partial charge in [0.25, 0.3) is 5.91 Å². The number of fused-ring (bicyclic) bond motifs is 1. The number of aromatic nitrogens is 1. The van der Waals surface area contributed by atoms with E-state index in [9.17, 15) is 36.3 Å². The molecule has 36 heavy (non-hydrogen) atoms. The molecule has 0 saturated carbocycles. The van der Waals surface area contributed by atoms with E-state index in [0.29, 0.717) is 12.1 Å². The summed E-state index contributed by atoms with van der Waals surface area (Å²) in [5.74, 6) is -5.03. The molecule has 0 aliphatic heterocycles. The van der Waals surface area contributed by atoms with Gasteiger partial charge in [-0.3, -0.25) is 14.2 Å². The molecule has 4 aromatic rings. The van der Waals surface area contributed by atoms with Crippen LogP contribution in [0.15, 0.2) is 56.1 Å². The SMILES string of the molecule is Cn1c(=O)oc2cc(NC(=O)c3cc(F)cc(C(F)(F)F)c3)c(C(=O)c3cc(F)ccc3Cl)c(Br)c21. The van der Waals surface area contributed by atoms with E-state index in [-0.39, 0.29) is 43.5 Å². The van der Waals surface area contributed by atoms with Gasteiger partial charge >= 0.3 is 11.9 Å². The molecule has 0 atom stereocenters. The molecule has 1 heterocycles. The van der Waals surface area contributed by atoms with Crippen molar-refractivity contribution >= 4 is 56.0 Å². The summed E-state index contributed by atoms with van der Waals surface area (Å²) >= 11 is 9.26. The van der Waals surface area contributed by atoms with Crippen molar-refractivity contribution in [1.82, 2.24) is 4.57 Å². The quantitative estimate of drug-likeness (QED) is 0.223. The van der Waals surface area contributed by atoms with E-state index in [1.54, 1.807) is 0 Å². The number of alkyl halides is 3. The average molecular weight is 590 g/mol. The smallest absolute Gasteiger partial charge is 0.408 e. The van der Waals surface area contributed by atoms with Crippen LogP contribution in [0, 0.1) is 11.6 Å². The van der Waals surface area contributed by atoms with Crippen molar-refractivity contribution in [3.05, 3.63) is 96.4 Å². The molecule has 0 unspecified atom stereocenters. The molecule has 6 nitrogen and oxygen atoms in total. The fraction of sp³-hybridized carbons (Fsp3) is 0.0870. The lowest BCUT2D eigenvalue weighted by molar-refractivity contribution is -0.137. The van der Waals surface area contributed by atoms with Crippen LogP contribution >= 0.6 is 27.5 Å². The van der Waals surface area contributed by atoms with Gasteiger partial charge in [-0.2, -0.15) is 13.2 Å². The Labute approximate surface area is 211 Å². The van der Waals surface area contributed by atoms with Gasteiger partial charge in [0.2, 0.25) is 0 Å². The molecule has 1 aromatic heterocycles. The molecule has 3 aromatic carbocycles. The number of carbonyl (C=O) groups excluding carboxylic acids is 2. The second-order valence-corrected chi connectivity index (χ2v) is 8.72. The average Bonchev–Trinajstić information content (AvgIpc) is 3.07. The van der Waals surface area contributed by atoms with Crippen molar-refractivity contribution in [2.24, 2.45) is 7.05 Å². The van der Waals surface area contributed by atoms with Crippen LogP contribution in [0.5, 0.6) is 0 Å². The topological polar surface area (TPSA) is 81.3 Å². The Hall–Kier alpha value is -3.51. The molecule has 0 saturated heterocycles. The normalized spacial score (nSPS) is 11.7. The molecular weight excluding hydrogens is 579 g/mol. The fourth-order valence-corrected chi connectivity index (χ4v) is 4.52. The molecule has 13 heteroatoms. The third kappa shape index (κ3) is 4.65. The van der Waals surface area contributed by atoms with Crippen molar-refractivity contribution in [3.63, 3.8) is 0 Å². The summed E-state index contributed by atoms with van der Waals surface area (Å²) < 4.78 is 73.1. The number of hydrogen-bond donors (Lipinski definition) is 1. The fourth-order valence-electron chi connectivity index (χ4n) is 3.47. The molecule has 0 spiro atoms. The standard InChI is InChI=1S/C23H11BrClF5N2O4/c1-32-19-16(36-22(32)35)8-15(17(18(19)24)20(33)13-7-11(26)2-3-14(13)25)31-21(34)9-4-10(23(28,29)30)6-12(27)5-9/h2-8H,1H3,(H,31,34). The zero-order valence-electron chi connectivity index (χ0n) is 17.8. The van der Waals surface area contributed by atoms with Crippen LogP contribution in [0.25, 0.3) is 11.1 Å². The molecule has 0 aliphatic carbocycles. The van der Waals surface area contributed by atoms with Crippen LogP contribution in [0.4, 0.5) is 27.6 Å². The van der Waals surface area contributed by atoms with Crippen LogP contribution < -0.4 is 11.1 Å². The third-order valence-electron chi connectivity index (χ3n) is 5.15. The van der Waals surface area contributed by atoms with Crippen LogP contribution in [-0.2, 0) is 13.2 Å². The number of anilines is 1. The Morgan fingerprint density at radius 1 is 1.06 bits per heavy atom. The highest BCUT2D eigenvalue weighted by Crippen LogP contribution is 2.37. The summed E-state index contributed by atoms with van der Waals surface area (Å²) in [5, 5.41) is 2.11. The lowest BCUT2D eigenvalue weighted by Crippen LogP contribution is -2.18. The number of benzene rings is 3. The first-order chi connectivity index (χ1) is 16.8. The first-order valence-corrected chi connectivity index (χ1v) is 11.0. The first kappa shape index (κ1) is 25.6. The highest BCUT2D eigenvalue weighted by atomic mass is 79.9. The Morgan fingerprint density at radius 2 is 1.75 bits per heavy atom. The van der Waals surface area contributed by atoms with Crippen molar-refractivity contribution in [2.45, 2.75) is 6.18 Å². The molecule has 4 rings (SSSR count). The van der Waals surface area contributed by atoms with E-state index >= 15 is 0 Å².